The summed E-state index contributed by atoms with van der Waals surface area (Å²) in [5.74, 6) is -0.255. The van der Waals surface area contributed by atoms with Gasteiger partial charge >= 0.3 is 0 Å². The highest BCUT2D eigenvalue weighted by molar-refractivity contribution is 7.89. The summed E-state index contributed by atoms with van der Waals surface area (Å²) in [6.45, 7) is 5.40. The van der Waals surface area contributed by atoms with Crippen LogP contribution in [0.25, 0.3) is 10.2 Å². The van der Waals surface area contributed by atoms with Crippen LogP contribution >= 0.6 is 11.3 Å². The normalized spacial score (nSPS) is 14.5. The van der Waals surface area contributed by atoms with Crippen molar-refractivity contribution in [3.63, 3.8) is 0 Å². The SMILES string of the molecule is Cc1cc(C)c2sc(N(Cc3ccccn3)C(=O)c3ccc(S(=O)(=O)N4CCCC4)cc3)nc2c1. The monoisotopic (exact) mass is 506 g/mol. The summed E-state index contributed by atoms with van der Waals surface area (Å²) < 4.78 is 28.3. The lowest BCUT2D eigenvalue weighted by molar-refractivity contribution is 0.0984. The van der Waals surface area contributed by atoms with E-state index in [1.165, 1.54) is 27.8 Å². The van der Waals surface area contributed by atoms with Gasteiger partial charge in [-0.3, -0.25) is 14.7 Å². The molecule has 0 radical (unpaired) electrons. The molecule has 0 unspecified atom stereocenters. The summed E-state index contributed by atoms with van der Waals surface area (Å²) in [6.07, 6.45) is 3.45. The molecule has 0 saturated carbocycles. The average Bonchev–Trinajstić information content (AvgIpc) is 3.54. The third kappa shape index (κ3) is 4.71. The Labute approximate surface area is 209 Å². The van der Waals surface area contributed by atoms with Gasteiger partial charge in [-0.15, -0.1) is 0 Å². The highest BCUT2D eigenvalue weighted by atomic mass is 32.2. The minimum Gasteiger partial charge on any atom is -0.278 e. The van der Waals surface area contributed by atoms with Crippen molar-refractivity contribution < 1.29 is 13.2 Å². The van der Waals surface area contributed by atoms with Crippen molar-refractivity contribution >= 4 is 42.6 Å². The van der Waals surface area contributed by atoms with Gasteiger partial charge in [0.25, 0.3) is 5.91 Å². The highest BCUT2D eigenvalue weighted by Crippen LogP contribution is 2.33. The third-order valence-electron chi connectivity index (χ3n) is 6.14. The number of thiazole rings is 1. The van der Waals surface area contributed by atoms with Crippen molar-refractivity contribution in [2.45, 2.75) is 38.1 Å². The lowest BCUT2D eigenvalue weighted by Gasteiger charge is -2.20. The Balaban J connectivity index is 1.50. The summed E-state index contributed by atoms with van der Waals surface area (Å²) in [5, 5.41) is 0.582. The van der Waals surface area contributed by atoms with Gasteiger partial charge in [-0.2, -0.15) is 4.31 Å². The molecule has 0 N–H and O–H groups in total. The number of aryl methyl sites for hydroxylation is 2. The zero-order chi connectivity index (χ0) is 24.6. The van der Waals surface area contributed by atoms with Crippen molar-refractivity contribution in [2.75, 3.05) is 18.0 Å². The van der Waals surface area contributed by atoms with Crippen LogP contribution < -0.4 is 4.90 Å². The Morgan fingerprint density at radius 3 is 2.49 bits per heavy atom. The summed E-state index contributed by atoms with van der Waals surface area (Å²) in [6, 6.07) is 15.9. The summed E-state index contributed by atoms with van der Waals surface area (Å²) in [7, 11) is -3.54. The minimum atomic E-state index is -3.54. The standard InChI is InChI=1S/C26H26N4O3S2/c1-18-15-19(2)24-23(16-18)28-26(34-24)30(17-21-7-3-4-12-27-21)25(31)20-8-10-22(11-9-20)35(32,33)29-13-5-6-14-29/h3-4,7-12,15-16H,5-6,13-14,17H2,1-2H3. The van der Waals surface area contributed by atoms with Crippen LogP contribution in [0.1, 0.15) is 40.0 Å². The van der Waals surface area contributed by atoms with E-state index in [0.29, 0.717) is 23.8 Å². The molecule has 0 bridgehead atoms. The lowest BCUT2D eigenvalue weighted by atomic mass is 10.1. The van der Waals surface area contributed by atoms with Crippen LogP contribution in [0.5, 0.6) is 0 Å². The van der Waals surface area contributed by atoms with Crippen LogP contribution in [0.3, 0.4) is 0 Å². The van der Waals surface area contributed by atoms with E-state index in [9.17, 15) is 13.2 Å². The molecular weight excluding hydrogens is 480 g/mol. The first-order chi connectivity index (χ1) is 16.8. The minimum absolute atomic E-state index is 0.207. The van der Waals surface area contributed by atoms with E-state index in [0.717, 1.165) is 39.9 Å². The van der Waals surface area contributed by atoms with E-state index in [2.05, 4.69) is 11.1 Å². The molecule has 0 aliphatic carbocycles. The van der Waals surface area contributed by atoms with Gasteiger partial charge in [0.1, 0.15) is 0 Å². The largest absolute Gasteiger partial charge is 0.278 e. The Hall–Kier alpha value is -3.14. The second kappa shape index (κ2) is 9.49. The van der Waals surface area contributed by atoms with Gasteiger partial charge in [0.05, 0.1) is 27.4 Å². The number of fused-ring (bicyclic) bond motifs is 1. The van der Waals surface area contributed by atoms with Crippen LogP contribution in [0.4, 0.5) is 5.13 Å². The number of carbonyl (C=O) groups excluding carboxylic acids is 1. The van der Waals surface area contributed by atoms with Gasteiger partial charge in [-0.1, -0.05) is 23.5 Å². The number of hydrogen-bond donors (Lipinski definition) is 0. The molecule has 2 aromatic carbocycles. The fraction of sp³-hybridized carbons (Fsp3) is 0.269. The fourth-order valence-corrected chi connectivity index (χ4v) is 6.89. The molecule has 1 amide bonds. The third-order valence-corrected chi connectivity index (χ3v) is 9.28. The zero-order valence-electron chi connectivity index (χ0n) is 19.6. The maximum Gasteiger partial charge on any atom is 0.260 e. The molecule has 3 heterocycles. The Kier molecular flexibility index (Phi) is 6.39. The van der Waals surface area contributed by atoms with E-state index in [1.807, 2.05) is 38.1 Å². The molecule has 1 saturated heterocycles. The van der Waals surface area contributed by atoms with Crippen molar-refractivity contribution in [1.29, 1.82) is 0 Å². The van der Waals surface area contributed by atoms with Crippen molar-refractivity contribution in [1.82, 2.24) is 14.3 Å². The predicted octanol–water partition coefficient (Wildman–Crippen LogP) is 4.94. The molecule has 9 heteroatoms. The maximum absolute atomic E-state index is 13.7. The van der Waals surface area contributed by atoms with Crippen LogP contribution in [-0.4, -0.2) is 41.7 Å². The van der Waals surface area contributed by atoms with Gasteiger partial charge < -0.3 is 0 Å². The molecule has 5 rings (SSSR count). The van der Waals surface area contributed by atoms with Crippen LogP contribution in [-0.2, 0) is 16.6 Å². The van der Waals surface area contributed by atoms with Gasteiger partial charge in [0, 0.05) is 24.8 Å². The summed E-state index contributed by atoms with van der Waals surface area (Å²) in [4.78, 5) is 24.7. The molecule has 7 nitrogen and oxygen atoms in total. The number of anilines is 1. The van der Waals surface area contributed by atoms with Crippen LogP contribution in [0.15, 0.2) is 65.7 Å². The quantitative estimate of drug-likeness (QED) is 0.370. The first-order valence-corrected chi connectivity index (χ1v) is 13.8. The Bertz CT molecular complexity index is 1480. The summed E-state index contributed by atoms with van der Waals surface area (Å²) in [5.41, 5.74) is 4.22. The molecule has 35 heavy (non-hydrogen) atoms. The Morgan fingerprint density at radius 2 is 1.80 bits per heavy atom. The molecule has 0 spiro atoms. The first-order valence-electron chi connectivity index (χ1n) is 11.5. The molecule has 1 aliphatic heterocycles. The number of aromatic nitrogens is 2. The number of hydrogen-bond acceptors (Lipinski definition) is 6. The second-order valence-electron chi connectivity index (χ2n) is 8.77. The molecule has 4 aromatic rings. The molecular formula is C26H26N4O3S2. The second-order valence-corrected chi connectivity index (χ2v) is 11.7. The van der Waals surface area contributed by atoms with Crippen LogP contribution in [0.2, 0.25) is 0 Å². The van der Waals surface area contributed by atoms with Crippen LogP contribution in [0, 0.1) is 13.8 Å². The molecule has 2 aromatic heterocycles. The average molecular weight is 507 g/mol. The number of nitrogens with zero attached hydrogens (tertiary/aromatic N) is 4. The number of carbonyl (C=O) groups is 1. The number of amides is 1. The fourth-order valence-electron chi connectivity index (χ4n) is 4.36. The lowest BCUT2D eigenvalue weighted by Crippen LogP contribution is -2.31. The van der Waals surface area contributed by atoms with E-state index >= 15 is 0 Å². The van der Waals surface area contributed by atoms with Crippen molar-refractivity contribution in [2.24, 2.45) is 0 Å². The van der Waals surface area contributed by atoms with E-state index in [4.69, 9.17) is 4.98 Å². The summed E-state index contributed by atoms with van der Waals surface area (Å²) >= 11 is 1.47. The van der Waals surface area contributed by atoms with E-state index in [1.54, 1.807) is 23.2 Å². The van der Waals surface area contributed by atoms with Crippen molar-refractivity contribution in [3.05, 3.63) is 83.2 Å². The van der Waals surface area contributed by atoms with Gasteiger partial charge in [-0.25, -0.2) is 13.4 Å². The van der Waals surface area contributed by atoms with Gasteiger partial charge in [0.15, 0.2) is 5.13 Å². The van der Waals surface area contributed by atoms with E-state index < -0.39 is 10.0 Å². The number of pyridine rings is 1. The van der Waals surface area contributed by atoms with E-state index in [-0.39, 0.29) is 17.3 Å². The Morgan fingerprint density at radius 1 is 1.06 bits per heavy atom. The smallest absolute Gasteiger partial charge is 0.260 e. The number of rotatable bonds is 6. The van der Waals surface area contributed by atoms with Gasteiger partial charge in [-0.05, 0) is 80.3 Å². The molecule has 0 atom stereocenters. The zero-order valence-corrected chi connectivity index (χ0v) is 21.3. The highest BCUT2D eigenvalue weighted by Gasteiger charge is 2.28. The first kappa shape index (κ1) is 23.6. The predicted molar refractivity (Wildman–Crippen MR) is 138 cm³/mol. The topological polar surface area (TPSA) is 83.5 Å². The molecule has 180 valence electrons. The number of sulfonamides is 1. The van der Waals surface area contributed by atoms with Gasteiger partial charge in [0.2, 0.25) is 10.0 Å². The number of benzene rings is 2. The van der Waals surface area contributed by atoms with Crippen molar-refractivity contribution in [3.8, 4) is 0 Å². The maximum atomic E-state index is 13.7. The molecule has 1 fully saturated rings. The molecule has 1 aliphatic rings.